The van der Waals surface area contributed by atoms with Gasteiger partial charge in [0.2, 0.25) is 5.95 Å². The van der Waals surface area contributed by atoms with Gasteiger partial charge in [-0.05, 0) is 24.1 Å². The third-order valence-corrected chi connectivity index (χ3v) is 3.83. The summed E-state index contributed by atoms with van der Waals surface area (Å²) < 4.78 is 13.6. The average Bonchev–Trinajstić information content (AvgIpc) is 2.68. The largest absolute Gasteiger partial charge is 0.354 e. The summed E-state index contributed by atoms with van der Waals surface area (Å²) in [6, 6.07) is 17.9. The minimum Gasteiger partial charge on any atom is -0.354 e. The van der Waals surface area contributed by atoms with Crippen molar-refractivity contribution in [3.05, 3.63) is 89.5 Å². The molecule has 0 unspecified atom stereocenters. The molecule has 3 aromatic rings. The van der Waals surface area contributed by atoms with Crippen molar-refractivity contribution in [2.45, 2.75) is 13.0 Å². The van der Waals surface area contributed by atoms with Crippen molar-refractivity contribution < 1.29 is 9.18 Å². The molecular formula is C20H19FN4O. The maximum atomic E-state index is 13.6. The van der Waals surface area contributed by atoms with E-state index in [1.807, 2.05) is 18.2 Å². The van der Waals surface area contributed by atoms with Crippen molar-refractivity contribution in [1.29, 1.82) is 0 Å². The van der Waals surface area contributed by atoms with Crippen molar-refractivity contribution in [1.82, 2.24) is 15.3 Å². The number of carbonyl (C=O) groups is 1. The summed E-state index contributed by atoms with van der Waals surface area (Å²) in [7, 11) is 0. The first-order valence-corrected chi connectivity index (χ1v) is 8.35. The summed E-state index contributed by atoms with van der Waals surface area (Å²) in [4.78, 5) is 20.6. The second-order valence-electron chi connectivity index (χ2n) is 5.70. The summed E-state index contributed by atoms with van der Waals surface area (Å²) in [5.74, 6) is -0.333. The molecule has 2 aromatic carbocycles. The van der Waals surface area contributed by atoms with Crippen LogP contribution in [0.15, 0.2) is 66.9 Å². The Morgan fingerprint density at radius 3 is 2.58 bits per heavy atom. The fourth-order valence-corrected chi connectivity index (χ4v) is 2.44. The highest BCUT2D eigenvalue weighted by atomic mass is 19.1. The molecule has 26 heavy (non-hydrogen) atoms. The van der Waals surface area contributed by atoms with Gasteiger partial charge in [0, 0.05) is 24.8 Å². The Bertz CT molecular complexity index is 870. The average molecular weight is 350 g/mol. The van der Waals surface area contributed by atoms with Gasteiger partial charge in [-0.25, -0.2) is 14.4 Å². The van der Waals surface area contributed by atoms with Gasteiger partial charge in [-0.3, -0.25) is 4.79 Å². The first-order valence-electron chi connectivity index (χ1n) is 8.35. The standard InChI is InChI=1S/C20H19FN4O/c21-17-9-5-4-8-16(17)14-24-19(26)18-11-13-23-20(25-18)22-12-10-15-6-2-1-3-7-15/h1-9,11,13H,10,12,14H2,(H,24,26)(H,22,23,25). The zero-order chi connectivity index (χ0) is 18.2. The highest BCUT2D eigenvalue weighted by Gasteiger charge is 2.09. The van der Waals surface area contributed by atoms with Gasteiger partial charge in [0.05, 0.1) is 0 Å². The fourth-order valence-electron chi connectivity index (χ4n) is 2.44. The molecule has 0 fully saturated rings. The monoisotopic (exact) mass is 350 g/mol. The first kappa shape index (κ1) is 17.5. The molecule has 3 rings (SSSR count). The van der Waals surface area contributed by atoms with E-state index in [9.17, 15) is 9.18 Å². The molecule has 0 spiro atoms. The van der Waals surface area contributed by atoms with E-state index in [2.05, 4.69) is 32.7 Å². The van der Waals surface area contributed by atoms with Gasteiger partial charge in [0.15, 0.2) is 0 Å². The number of benzene rings is 2. The Hall–Kier alpha value is -3.28. The van der Waals surface area contributed by atoms with E-state index in [0.717, 1.165) is 6.42 Å². The lowest BCUT2D eigenvalue weighted by Gasteiger charge is -2.08. The van der Waals surface area contributed by atoms with Crippen LogP contribution in [0.5, 0.6) is 0 Å². The van der Waals surface area contributed by atoms with Crippen LogP contribution in [0.3, 0.4) is 0 Å². The van der Waals surface area contributed by atoms with Gasteiger partial charge in [-0.1, -0.05) is 48.5 Å². The molecule has 2 N–H and O–H groups in total. The van der Waals surface area contributed by atoms with E-state index in [0.29, 0.717) is 18.1 Å². The van der Waals surface area contributed by atoms with Gasteiger partial charge >= 0.3 is 0 Å². The molecule has 1 heterocycles. The number of aromatic nitrogens is 2. The smallest absolute Gasteiger partial charge is 0.270 e. The number of carbonyl (C=O) groups excluding carboxylic acids is 1. The number of nitrogens with zero attached hydrogens (tertiary/aromatic N) is 2. The zero-order valence-corrected chi connectivity index (χ0v) is 14.2. The molecule has 0 radical (unpaired) electrons. The van der Waals surface area contributed by atoms with Crippen molar-refractivity contribution in [3.8, 4) is 0 Å². The molecule has 0 aliphatic rings. The van der Waals surface area contributed by atoms with Crippen molar-refractivity contribution in [2.75, 3.05) is 11.9 Å². The third kappa shape index (κ3) is 4.86. The quantitative estimate of drug-likeness (QED) is 0.687. The molecule has 0 saturated carbocycles. The van der Waals surface area contributed by atoms with Crippen molar-refractivity contribution in [3.63, 3.8) is 0 Å². The van der Waals surface area contributed by atoms with E-state index in [-0.39, 0.29) is 24.0 Å². The molecule has 5 nitrogen and oxygen atoms in total. The first-order chi connectivity index (χ1) is 12.7. The van der Waals surface area contributed by atoms with E-state index in [1.54, 1.807) is 18.2 Å². The Morgan fingerprint density at radius 1 is 1.00 bits per heavy atom. The lowest BCUT2D eigenvalue weighted by molar-refractivity contribution is 0.0945. The molecule has 6 heteroatoms. The Kier molecular flexibility index (Phi) is 5.88. The number of hydrogen-bond donors (Lipinski definition) is 2. The maximum absolute atomic E-state index is 13.6. The minimum atomic E-state index is -0.373. The van der Waals surface area contributed by atoms with Gasteiger partial charge in [0.1, 0.15) is 11.5 Å². The predicted molar refractivity (Wildman–Crippen MR) is 98.2 cm³/mol. The second-order valence-corrected chi connectivity index (χ2v) is 5.70. The molecule has 132 valence electrons. The van der Waals surface area contributed by atoms with Crippen LogP contribution in [0.1, 0.15) is 21.6 Å². The summed E-state index contributed by atoms with van der Waals surface area (Å²) in [6.07, 6.45) is 2.35. The van der Waals surface area contributed by atoms with Gasteiger partial charge in [-0.2, -0.15) is 0 Å². The molecule has 1 aromatic heterocycles. The van der Waals surface area contributed by atoms with Gasteiger partial charge in [0.25, 0.3) is 5.91 Å². The highest BCUT2D eigenvalue weighted by molar-refractivity contribution is 5.92. The molecule has 0 saturated heterocycles. The summed E-state index contributed by atoms with van der Waals surface area (Å²) in [5, 5.41) is 5.78. The molecule has 0 bridgehead atoms. The van der Waals surface area contributed by atoms with E-state index in [4.69, 9.17) is 0 Å². The molecule has 0 aliphatic carbocycles. The maximum Gasteiger partial charge on any atom is 0.270 e. The lowest BCUT2D eigenvalue weighted by Crippen LogP contribution is -2.24. The van der Waals surface area contributed by atoms with E-state index in [1.165, 1.54) is 23.9 Å². The summed E-state index contributed by atoms with van der Waals surface area (Å²) in [6.45, 7) is 0.761. The lowest BCUT2D eigenvalue weighted by atomic mass is 10.1. The van der Waals surface area contributed by atoms with Crippen LogP contribution in [0.4, 0.5) is 10.3 Å². The van der Waals surface area contributed by atoms with Crippen LogP contribution in [0, 0.1) is 5.82 Å². The Morgan fingerprint density at radius 2 is 1.77 bits per heavy atom. The third-order valence-electron chi connectivity index (χ3n) is 3.83. The number of nitrogens with one attached hydrogen (secondary N) is 2. The fraction of sp³-hybridized carbons (Fsp3) is 0.150. The molecular weight excluding hydrogens is 331 g/mol. The van der Waals surface area contributed by atoms with Crippen molar-refractivity contribution in [2.24, 2.45) is 0 Å². The van der Waals surface area contributed by atoms with Gasteiger partial charge < -0.3 is 10.6 Å². The predicted octanol–water partition coefficient (Wildman–Crippen LogP) is 3.20. The summed E-state index contributed by atoms with van der Waals surface area (Å²) in [5.41, 5.74) is 1.87. The molecule has 0 atom stereocenters. The SMILES string of the molecule is O=C(NCc1ccccc1F)c1ccnc(NCCc2ccccc2)n1. The van der Waals surface area contributed by atoms with Crippen LogP contribution in [-0.2, 0) is 13.0 Å². The van der Waals surface area contributed by atoms with Crippen LogP contribution < -0.4 is 10.6 Å². The van der Waals surface area contributed by atoms with Crippen LogP contribution >= 0.6 is 0 Å². The normalized spacial score (nSPS) is 10.3. The number of halogens is 1. The van der Waals surface area contributed by atoms with Crippen LogP contribution in [-0.4, -0.2) is 22.4 Å². The number of anilines is 1. The van der Waals surface area contributed by atoms with Gasteiger partial charge in [-0.15, -0.1) is 0 Å². The topological polar surface area (TPSA) is 66.9 Å². The Balaban J connectivity index is 1.54. The highest BCUT2D eigenvalue weighted by Crippen LogP contribution is 2.07. The Labute approximate surface area is 151 Å². The van der Waals surface area contributed by atoms with Crippen LogP contribution in [0.25, 0.3) is 0 Å². The number of hydrogen-bond acceptors (Lipinski definition) is 4. The van der Waals surface area contributed by atoms with Crippen molar-refractivity contribution >= 4 is 11.9 Å². The molecule has 1 amide bonds. The molecule has 0 aliphatic heterocycles. The minimum absolute atomic E-state index is 0.103. The van der Waals surface area contributed by atoms with Crippen LogP contribution in [0.2, 0.25) is 0 Å². The van der Waals surface area contributed by atoms with E-state index >= 15 is 0 Å². The number of amides is 1. The summed E-state index contributed by atoms with van der Waals surface area (Å²) >= 11 is 0. The number of rotatable bonds is 7. The van der Waals surface area contributed by atoms with E-state index < -0.39 is 0 Å². The zero-order valence-electron chi connectivity index (χ0n) is 14.2. The second kappa shape index (κ2) is 8.71.